The Morgan fingerprint density at radius 3 is 1.30 bits per heavy atom. The third-order valence-electron chi connectivity index (χ3n) is 6.20. The van der Waals surface area contributed by atoms with Crippen LogP contribution in [0.25, 0.3) is 43.1 Å². The predicted octanol–water partition coefficient (Wildman–Crippen LogP) is 7.30. The number of fused-ring (bicyclic) bond motifs is 6. The molecule has 3 nitrogen and oxygen atoms in total. The third-order valence-corrected chi connectivity index (χ3v) is 6.20. The number of hydrogen-bond donors (Lipinski definition) is 0. The van der Waals surface area contributed by atoms with Gasteiger partial charge in [0.15, 0.2) is 0 Å². The number of carbonyl (C=O) groups excluding carboxylic acids is 2. The van der Waals surface area contributed by atoms with E-state index in [9.17, 15) is 9.59 Å². The zero-order valence-corrected chi connectivity index (χ0v) is 17.6. The third kappa shape index (κ3) is 3.14. The summed E-state index contributed by atoms with van der Waals surface area (Å²) in [7, 11) is 0. The zero-order valence-electron chi connectivity index (χ0n) is 17.6. The quantitative estimate of drug-likeness (QED) is 0.166. The standard InChI is InChI=1S/C30H18O3/c31-29(27-13-5-11-23-21-9-3-1-7-19(21)15-17-25(23)27)33-30(32)28-14-6-12-24-22-10-4-2-8-20(22)16-18-26(24)28/h1-18H. The van der Waals surface area contributed by atoms with Crippen LogP contribution in [0.2, 0.25) is 0 Å². The molecule has 0 saturated carbocycles. The summed E-state index contributed by atoms with van der Waals surface area (Å²) in [4.78, 5) is 26.2. The van der Waals surface area contributed by atoms with Crippen LogP contribution in [0.5, 0.6) is 0 Å². The van der Waals surface area contributed by atoms with E-state index in [-0.39, 0.29) is 0 Å². The first-order chi connectivity index (χ1) is 16.2. The molecule has 0 aliphatic heterocycles. The van der Waals surface area contributed by atoms with Crippen molar-refractivity contribution in [3.63, 3.8) is 0 Å². The van der Waals surface area contributed by atoms with Gasteiger partial charge in [0.25, 0.3) is 0 Å². The lowest BCUT2D eigenvalue weighted by atomic mass is 9.98. The lowest BCUT2D eigenvalue weighted by Gasteiger charge is -2.10. The Morgan fingerprint density at radius 2 is 0.818 bits per heavy atom. The lowest BCUT2D eigenvalue weighted by Crippen LogP contribution is -2.13. The van der Waals surface area contributed by atoms with Crippen LogP contribution in [0.3, 0.4) is 0 Å². The lowest BCUT2D eigenvalue weighted by molar-refractivity contribution is 0.0400. The van der Waals surface area contributed by atoms with Gasteiger partial charge in [-0.05, 0) is 55.2 Å². The molecule has 0 heterocycles. The Kier molecular flexibility index (Phi) is 4.41. The van der Waals surface area contributed by atoms with Crippen molar-refractivity contribution < 1.29 is 14.3 Å². The van der Waals surface area contributed by atoms with Gasteiger partial charge in [0.05, 0.1) is 11.1 Å². The Balaban J connectivity index is 1.41. The summed E-state index contributed by atoms with van der Waals surface area (Å²) >= 11 is 0. The number of ether oxygens (including phenoxy) is 1. The van der Waals surface area contributed by atoms with Gasteiger partial charge in [0.1, 0.15) is 0 Å². The summed E-state index contributed by atoms with van der Waals surface area (Å²) in [5.41, 5.74) is 0.745. The second kappa shape index (κ2) is 7.57. The molecule has 0 radical (unpaired) electrons. The van der Waals surface area contributed by atoms with Crippen molar-refractivity contribution >= 4 is 55.0 Å². The Morgan fingerprint density at radius 1 is 0.394 bits per heavy atom. The van der Waals surface area contributed by atoms with Crippen molar-refractivity contribution in [3.8, 4) is 0 Å². The molecule has 3 heteroatoms. The van der Waals surface area contributed by atoms with E-state index in [1.165, 1.54) is 0 Å². The van der Waals surface area contributed by atoms with E-state index in [1.54, 1.807) is 12.1 Å². The summed E-state index contributed by atoms with van der Waals surface area (Å²) < 4.78 is 5.38. The molecule has 0 bridgehead atoms. The summed E-state index contributed by atoms with van der Waals surface area (Å²) in [5.74, 6) is -1.31. The minimum atomic E-state index is -0.654. The molecule has 0 unspecified atom stereocenters. The van der Waals surface area contributed by atoms with Crippen LogP contribution in [0.15, 0.2) is 109 Å². The number of hydrogen-bond acceptors (Lipinski definition) is 3. The van der Waals surface area contributed by atoms with Crippen molar-refractivity contribution in [2.24, 2.45) is 0 Å². The maximum Gasteiger partial charge on any atom is 0.346 e. The average molecular weight is 426 g/mol. The smallest absolute Gasteiger partial charge is 0.346 e. The van der Waals surface area contributed by atoms with Gasteiger partial charge in [0, 0.05) is 0 Å². The number of esters is 2. The van der Waals surface area contributed by atoms with Crippen LogP contribution in [0, 0.1) is 0 Å². The predicted molar refractivity (Wildman–Crippen MR) is 133 cm³/mol. The van der Waals surface area contributed by atoms with Gasteiger partial charge in [-0.1, -0.05) is 97.1 Å². The number of benzene rings is 6. The number of carbonyl (C=O) groups is 2. The van der Waals surface area contributed by atoms with Crippen molar-refractivity contribution in [1.82, 2.24) is 0 Å². The van der Waals surface area contributed by atoms with E-state index in [1.807, 2.05) is 97.1 Å². The zero-order chi connectivity index (χ0) is 22.4. The fraction of sp³-hybridized carbons (Fsp3) is 0. The molecule has 0 N–H and O–H groups in total. The Bertz CT molecular complexity index is 1600. The van der Waals surface area contributed by atoms with Crippen LogP contribution in [0.4, 0.5) is 0 Å². The maximum atomic E-state index is 13.1. The topological polar surface area (TPSA) is 43.4 Å². The molecule has 6 aromatic carbocycles. The van der Waals surface area contributed by atoms with E-state index in [2.05, 4.69) is 0 Å². The van der Waals surface area contributed by atoms with Gasteiger partial charge in [-0.3, -0.25) is 0 Å². The second-order valence-electron chi connectivity index (χ2n) is 8.05. The van der Waals surface area contributed by atoms with Crippen LogP contribution in [-0.2, 0) is 4.74 Å². The Hall–Kier alpha value is -4.50. The summed E-state index contributed by atoms with van der Waals surface area (Å²) in [6.45, 7) is 0. The average Bonchev–Trinajstić information content (AvgIpc) is 2.87. The largest absolute Gasteiger partial charge is 0.386 e. The first-order valence-electron chi connectivity index (χ1n) is 10.8. The molecule has 0 aliphatic rings. The normalized spacial score (nSPS) is 11.3. The number of rotatable bonds is 2. The highest BCUT2D eigenvalue weighted by molar-refractivity contribution is 6.18. The van der Waals surface area contributed by atoms with Gasteiger partial charge in [0.2, 0.25) is 0 Å². The van der Waals surface area contributed by atoms with Gasteiger partial charge in [-0.25, -0.2) is 9.59 Å². The van der Waals surface area contributed by atoms with E-state index < -0.39 is 11.9 Å². The van der Waals surface area contributed by atoms with Crippen molar-refractivity contribution in [2.45, 2.75) is 0 Å². The van der Waals surface area contributed by atoms with Gasteiger partial charge < -0.3 is 4.74 Å². The van der Waals surface area contributed by atoms with E-state index >= 15 is 0 Å². The molecule has 0 spiro atoms. The molecule has 0 atom stereocenters. The van der Waals surface area contributed by atoms with Crippen LogP contribution in [-0.4, -0.2) is 11.9 Å². The van der Waals surface area contributed by atoms with Gasteiger partial charge in [-0.15, -0.1) is 0 Å². The Labute approximate surface area is 189 Å². The maximum absolute atomic E-state index is 13.1. The molecule has 0 aliphatic carbocycles. The second-order valence-corrected chi connectivity index (χ2v) is 8.05. The van der Waals surface area contributed by atoms with Crippen LogP contribution < -0.4 is 0 Å². The van der Waals surface area contributed by atoms with Crippen molar-refractivity contribution in [3.05, 3.63) is 120 Å². The molecule has 6 aromatic rings. The first-order valence-corrected chi connectivity index (χ1v) is 10.8. The highest BCUT2D eigenvalue weighted by Gasteiger charge is 2.20. The molecular weight excluding hydrogens is 408 g/mol. The van der Waals surface area contributed by atoms with Gasteiger partial charge >= 0.3 is 11.9 Å². The molecular formula is C30H18O3. The minimum Gasteiger partial charge on any atom is -0.386 e. The van der Waals surface area contributed by atoms with Gasteiger partial charge in [-0.2, -0.15) is 0 Å². The molecule has 0 aromatic heterocycles. The first kappa shape index (κ1) is 19.2. The SMILES string of the molecule is O=C(OC(=O)c1cccc2c1ccc1ccccc12)c1cccc2c1ccc1ccccc12. The fourth-order valence-electron chi connectivity index (χ4n) is 4.63. The molecule has 0 amide bonds. The van der Waals surface area contributed by atoms with Crippen LogP contribution in [0.1, 0.15) is 20.7 Å². The summed E-state index contributed by atoms with van der Waals surface area (Å²) in [5, 5.41) is 7.71. The van der Waals surface area contributed by atoms with Crippen molar-refractivity contribution in [2.75, 3.05) is 0 Å². The minimum absolute atomic E-state index is 0.372. The monoisotopic (exact) mass is 426 g/mol. The highest BCUT2D eigenvalue weighted by Crippen LogP contribution is 2.30. The molecule has 0 fully saturated rings. The van der Waals surface area contributed by atoms with Crippen molar-refractivity contribution in [1.29, 1.82) is 0 Å². The summed E-state index contributed by atoms with van der Waals surface area (Å²) in [6, 6.07) is 34.8. The highest BCUT2D eigenvalue weighted by atomic mass is 16.6. The fourth-order valence-corrected chi connectivity index (χ4v) is 4.63. The molecule has 33 heavy (non-hydrogen) atoms. The molecule has 6 rings (SSSR count). The van der Waals surface area contributed by atoms with E-state index in [0.717, 1.165) is 43.1 Å². The van der Waals surface area contributed by atoms with Crippen LogP contribution >= 0.6 is 0 Å². The summed E-state index contributed by atoms with van der Waals surface area (Å²) in [6.07, 6.45) is 0. The van der Waals surface area contributed by atoms with E-state index in [0.29, 0.717) is 11.1 Å². The molecule has 156 valence electrons. The molecule has 0 saturated heterocycles. The van der Waals surface area contributed by atoms with E-state index in [4.69, 9.17) is 4.74 Å².